The molecule has 0 aliphatic heterocycles. The summed E-state index contributed by atoms with van der Waals surface area (Å²) >= 11 is 0. The molecule has 0 saturated heterocycles. The van der Waals surface area contributed by atoms with E-state index in [0.717, 1.165) is 19.3 Å². The Morgan fingerprint density at radius 2 is 1.30 bits per heavy atom. The SMILES string of the molecule is CCCCCCCCCCCCCCCCCC([O-])=N[C@@H](COc1ccccc1)COP(=O)([O-])O.[Na+].[Na+]. The second kappa shape index (κ2) is 26.8. The van der Waals surface area contributed by atoms with Crippen LogP contribution in [0.4, 0.5) is 0 Å². The van der Waals surface area contributed by atoms with Gasteiger partial charge in [0.25, 0.3) is 7.82 Å². The number of phosphoric ester groups is 1. The third-order valence-electron chi connectivity index (χ3n) is 5.94. The maximum atomic E-state index is 12.2. The topological polar surface area (TPSA) is 114 Å². The Morgan fingerprint density at radius 3 is 1.76 bits per heavy atom. The van der Waals surface area contributed by atoms with Crippen molar-refractivity contribution < 1.29 is 87.8 Å². The molecule has 0 amide bonds. The zero-order chi connectivity index (χ0) is 25.6. The van der Waals surface area contributed by atoms with Crippen LogP contribution in [-0.2, 0) is 9.09 Å². The molecule has 0 radical (unpaired) electrons. The van der Waals surface area contributed by atoms with Crippen LogP contribution in [0.5, 0.6) is 5.75 Å². The van der Waals surface area contributed by atoms with Crippen LogP contribution in [-0.4, -0.2) is 30.0 Å². The number of hydrogen-bond acceptors (Lipinski definition) is 6. The molecule has 0 heterocycles. The van der Waals surface area contributed by atoms with Crippen LogP contribution in [0, 0.1) is 0 Å². The summed E-state index contributed by atoms with van der Waals surface area (Å²) < 4.78 is 20.9. The zero-order valence-electron chi connectivity index (χ0n) is 23.6. The molecule has 2 atom stereocenters. The molecule has 7 nitrogen and oxygen atoms in total. The van der Waals surface area contributed by atoms with Crippen LogP contribution in [0.15, 0.2) is 35.3 Å². The smallest absolute Gasteiger partial charge is 0.862 e. The molecule has 1 N–H and O–H groups in total. The van der Waals surface area contributed by atoms with Crippen LogP contribution in [0.3, 0.4) is 0 Å². The van der Waals surface area contributed by atoms with Crippen LogP contribution >= 0.6 is 7.82 Å². The third kappa shape index (κ3) is 26.6. The average molecular weight is 558 g/mol. The maximum absolute atomic E-state index is 12.2. The third-order valence-corrected chi connectivity index (χ3v) is 6.41. The Kier molecular flexibility index (Phi) is 28.8. The van der Waals surface area contributed by atoms with Gasteiger partial charge in [0, 0.05) is 0 Å². The number of phosphoric acid groups is 1. The molecule has 1 unspecified atom stereocenters. The zero-order valence-corrected chi connectivity index (χ0v) is 28.5. The molecule has 0 aliphatic rings. The number of benzene rings is 1. The van der Waals surface area contributed by atoms with Crippen LogP contribution in [0.1, 0.15) is 110 Å². The predicted molar refractivity (Wildman–Crippen MR) is 138 cm³/mol. The molecule has 1 aromatic carbocycles. The Labute approximate surface area is 269 Å². The minimum absolute atomic E-state index is 0. The van der Waals surface area contributed by atoms with Crippen molar-refractivity contribution >= 4 is 13.7 Å². The number of hydrogen-bond donors (Lipinski definition) is 1. The number of aliphatic imine (C=N–C) groups is 1. The number of unbranched alkanes of at least 4 members (excludes halogenated alkanes) is 14. The summed E-state index contributed by atoms with van der Waals surface area (Å²) in [7, 11) is -4.89. The van der Waals surface area contributed by atoms with Crippen molar-refractivity contribution in [2.24, 2.45) is 4.99 Å². The molecular formula is C27H46NNa2O6P. The van der Waals surface area contributed by atoms with Crippen molar-refractivity contribution in [2.75, 3.05) is 13.2 Å². The van der Waals surface area contributed by atoms with Gasteiger partial charge in [0.2, 0.25) is 0 Å². The first-order chi connectivity index (χ1) is 16.9. The van der Waals surface area contributed by atoms with Gasteiger partial charge < -0.3 is 24.2 Å². The Bertz CT molecular complexity index is 705. The number of nitrogens with zero attached hydrogens (tertiary/aromatic N) is 1. The van der Waals surface area contributed by atoms with E-state index < -0.39 is 20.5 Å². The van der Waals surface area contributed by atoms with E-state index in [2.05, 4.69) is 16.4 Å². The summed E-state index contributed by atoms with van der Waals surface area (Å²) in [6.07, 6.45) is 19.2. The van der Waals surface area contributed by atoms with Crippen molar-refractivity contribution in [3.05, 3.63) is 30.3 Å². The van der Waals surface area contributed by atoms with Gasteiger partial charge in [-0.25, -0.2) is 0 Å². The van der Waals surface area contributed by atoms with Gasteiger partial charge in [0.1, 0.15) is 18.4 Å². The normalized spacial score (nSPS) is 13.8. The van der Waals surface area contributed by atoms with Gasteiger partial charge in [0.15, 0.2) is 0 Å². The van der Waals surface area contributed by atoms with E-state index in [9.17, 15) is 14.6 Å². The van der Waals surface area contributed by atoms with Crippen LogP contribution in [0.2, 0.25) is 0 Å². The number of rotatable bonds is 23. The van der Waals surface area contributed by atoms with Gasteiger partial charge in [-0.05, 0) is 30.9 Å². The van der Waals surface area contributed by atoms with Gasteiger partial charge in [-0.1, -0.05) is 115 Å². The van der Waals surface area contributed by atoms with Crippen molar-refractivity contribution in [3.8, 4) is 5.75 Å². The monoisotopic (exact) mass is 557 g/mol. The standard InChI is InChI=1S/C27H48NO6P.2Na/c1-2-3-4-5-6-7-8-9-10-11-12-13-14-15-19-22-27(29)28-25(24-34-35(30,31)32)23-33-26-20-17-16-18-21-26;;/h16-18,20-21,25H,2-15,19,22-24H2,1H3,(H,28,29)(H2,30,31,32);;/q;2*+1/p-2/t25-;;/m0../s1. The van der Waals surface area contributed by atoms with Crippen molar-refractivity contribution in [1.82, 2.24) is 0 Å². The van der Waals surface area contributed by atoms with Gasteiger partial charge in [-0.15, -0.1) is 0 Å². The van der Waals surface area contributed by atoms with Crippen LogP contribution < -0.4 is 73.9 Å². The first-order valence-electron chi connectivity index (χ1n) is 13.5. The summed E-state index contributed by atoms with van der Waals surface area (Å²) in [5, 5.41) is 12.2. The molecule has 37 heavy (non-hydrogen) atoms. The summed E-state index contributed by atoms with van der Waals surface area (Å²) in [4.78, 5) is 23.8. The second-order valence-electron chi connectivity index (χ2n) is 9.26. The molecule has 0 aliphatic carbocycles. The largest absolute Gasteiger partial charge is 1.00 e. The Balaban J connectivity index is 0. The van der Waals surface area contributed by atoms with E-state index in [-0.39, 0.29) is 71.6 Å². The van der Waals surface area contributed by atoms with E-state index in [1.807, 2.05) is 6.07 Å². The summed E-state index contributed by atoms with van der Waals surface area (Å²) in [5.74, 6) is 0.278. The Morgan fingerprint density at radius 1 is 0.838 bits per heavy atom. The first kappa shape index (κ1) is 39.7. The molecule has 0 saturated carbocycles. The number of para-hydroxylation sites is 1. The average Bonchev–Trinajstić information content (AvgIpc) is 2.83. The van der Waals surface area contributed by atoms with E-state index >= 15 is 0 Å². The predicted octanol–water partition coefficient (Wildman–Crippen LogP) is -0.0604. The van der Waals surface area contributed by atoms with Crippen molar-refractivity contribution in [1.29, 1.82) is 0 Å². The van der Waals surface area contributed by atoms with Crippen LogP contribution in [0.25, 0.3) is 0 Å². The number of ether oxygens (including phenoxy) is 1. The van der Waals surface area contributed by atoms with Gasteiger partial charge in [-0.3, -0.25) is 9.56 Å². The van der Waals surface area contributed by atoms with Crippen molar-refractivity contribution in [3.63, 3.8) is 0 Å². The van der Waals surface area contributed by atoms with Gasteiger partial charge in [-0.2, -0.15) is 0 Å². The summed E-state index contributed by atoms with van der Waals surface area (Å²) in [5.41, 5.74) is 0. The molecule has 1 rings (SSSR count). The molecule has 0 bridgehead atoms. The molecule has 10 heteroatoms. The fourth-order valence-corrected chi connectivity index (χ4v) is 4.29. The fourth-order valence-electron chi connectivity index (χ4n) is 3.93. The molecule has 0 fully saturated rings. The summed E-state index contributed by atoms with van der Waals surface area (Å²) in [6, 6.07) is 8.14. The van der Waals surface area contributed by atoms with E-state index in [4.69, 9.17) is 9.63 Å². The van der Waals surface area contributed by atoms with Gasteiger partial charge >= 0.3 is 59.1 Å². The maximum Gasteiger partial charge on any atom is 1.00 e. The molecule has 0 spiro atoms. The van der Waals surface area contributed by atoms with E-state index in [1.165, 1.54) is 77.0 Å². The molecule has 0 aromatic heterocycles. The van der Waals surface area contributed by atoms with Gasteiger partial charge in [0.05, 0.1) is 6.61 Å². The molecule has 1 aromatic rings. The second-order valence-corrected chi connectivity index (χ2v) is 10.5. The fraction of sp³-hybridized carbons (Fsp3) is 0.741. The molecular weight excluding hydrogens is 511 g/mol. The Hall–Kier alpha value is 0.600. The van der Waals surface area contributed by atoms with E-state index in [1.54, 1.807) is 24.3 Å². The summed E-state index contributed by atoms with van der Waals surface area (Å²) in [6.45, 7) is 1.80. The van der Waals surface area contributed by atoms with E-state index in [0.29, 0.717) is 12.2 Å². The first-order valence-corrected chi connectivity index (χ1v) is 15.0. The molecule has 202 valence electrons. The van der Waals surface area contributed by atoms with Crippen molar-refractivity contribution in [2.45, 2.75) is 116 Å². The minimum Gasteiger partial charge on any atom is -0.862 e. The minimum atomic E-state index is -4.89. The quantitative estimate of drug-likeness (QED) is 0.0663.